The van der Waals surface area contributed by atoms with Crippen molar-refractivity contribution in [2.75, 3.05) is 0 Å². The SMILES string of the molecule is FC(F)(F)C(F)(F)C(F)(F)c1nc(-c2cc[c-]c3c2ccc2cccnc23)nc(C(F)(F)C(F)(F)C(F)(F)F)n1.[Ir]. The third kappa shape index (κ3) is 4.96. The molecule has 4 aromatic rings. The van der Waals surface area contributed by atoms with Crippen LogP contribution >= 0.6 is 0 Å². The zero-order valence-corrected chi connectivity index (χ0v) is 21.4. The van der Waals surface area contributed by atoms with E-state index in [2.05, 4.69) is 21.0 Å². The van der Waals surface area contributed by atoms with Crippen molar-refractivity contribution in [3.63, 3.8) is 0 Å². The van der Waals surface area contributed by atoms with Gasteiger partial charge in [-0.05, 0) is 17.0 Å². The molecule has 0 saturated heterocycles. The predicted molar refractivity (Wildman–Crippen MR) is 107 cm³/mol. The van der Waals surface area contributed by atoms with Gasteiger partial charge in [-0.15, -0.1) is 23.6 Å². The maximum Gasteiger partial charge on any atom is 0.460 e. The molecule has 2 aromatic carbocycles. The molecule has 0 saturated carbocycles. The van der Waals surface area contributed by atoms with Crippen molar-refractivity contribution in [1.82, 2.24) is 19.9 Å². The quantitative estimate of drug-likeness (QED) is 0.119. The Morgan fingerprint density at radius 3 is 1.61 bits per heavy atom. The predicted octanol–water partition coefficient (Wildman–Crippen LogP) is 7.62. The second-order valence-electron chi connectivity index (χ2n) is 8.05. The summed E-state index contributed by atoms with van der Waals surface area (Å²) in [6.45, 7) is 0. The Labute approximate surface area is 231 Å². The molecule has 4 nitrogen and oxygen atoms in total. The van der Waals surface area contributed by atoms with Crippen LogP contribution in [0.3, 0.4) is 0 Å². The van der Waals surface area contributed by atoms with Gasteiger partial charge < -0.3 is 4.98 Å². The number of rotatable bonds is 5. The van der Waals surface area contributed by atoms with E-state index in [1.807, 2.05) is 4.98 Å². The second kappa shape index (κ2) is 9.96. The molecule has 2 heterocycles. The smallest absolute Gasteiger partial charge is 0.304 e. The van der Waals surface area contributed by atoms with Crippen molar-refractivity contribution >= 4 is 21.7 Å². The molecule has 0 aliphatic heterocycles. The van der Waals surface area contributed by atoms with Crippen molar-refractivity contribution in [3.8, 4) is 11.4 Å². The molecule has 0 N–H and O–H groups in total. The Bertz CT molecular complexity index is 1550. The first-order valence-corrected chi connectivity index (χ1v) is 10.2. The van der Waals surface area contributed by atoms with E-state index in [4.69, 9.17) is 0 Å². The van der Waals surface area contributed by atoms with Crippen LogP contribution in [-0.2, 0) is 32.0 Å². The molecule has 0 aliphatic carbocycles. The van der Waals surface area contributed by atoms with Crippen LogP contribution in [0, 0.1) is 6.07 Å². The molecule has 0 bridgehead atoms. The molecule has 0 aliphatic rings. The van der Waals surface area contributed by atoms with Crippen LogP contribution in [0.5, 0.6) is 0 Å². The van der Waals surface area contributed by atoms with E-state index in [1.165, 1.54) is 24.4 Å². The number of halogens is 14. The summed E-state index contributed by atoms with van der Waals surface area (Å²) in [5.41, 5.74) is -0.623. The van der Waals surface area contributed by atoms with Gasteiger partial charge in [0.15, 0.2) is 0 Å². The zero-order chi connectivity index (χ0) is 30.1. The van der Waals surface area contributed by atoms with Gasteiger partial charge >= 0.3 is 36.0 Å². The van der Waals surface area contributed by atoms with Gasteiger partial charge in [0.2, 0.25) is 11.6 Å². The van der Waals surface area contributed by atoms with Crippen LogP contribution in [0.25, 0.3) is 33.1 Å². The fraction of sp³-hybridized carbons (Fsp3) is 0.273. The number of pyridine rings is 1. The molecular formula is C22H7F14IrN4-. The van der Waals surface area contributed by atoms with Gasteiger partial charge in [0.1, 0.15) is 5.82 Å². The van der Waals surface area contributed by atoms with E-state index in [-0.39, 0.29) is 36.4 Å². The summed E-state index contributed by atoms with van der Waals surface area (Å²) in [7, 11) is 0. The summed E-state index contributed by atoms with van der Waals surface area (Å²) in [6, 6.07) is 9.75. The van der Waals surface area contributed by atoms with Crippen molar-refractivity contribution in [3.05, 3.63) is 60.3 Å². The van der Waals surface area contributed by atoms with Crippen molar-refractivity contribution in [1.29, 1.82) is 0 Å². The molecule has 0 spiro atoms. The van der Waals surface area contributed by atoms with E-state index < -0.39 is 59.1 Å². The average molecular weight is 786 g/mol. The number of nitrogens with zero attached hydrogens (tertiary/aromatic N) is 4. The second-order valence-corrected chi connectivity index (χ2v) is 8.05. The van der Waals surface area contributed by atoms with Gasteiger partial charge in [0, 0.05) is 26.3 Å². The average Bonchev–Trinajstić information content (AvgIpc) is 2.86. The summed E-state index contributed by atoms with van der Waals surface area (Å²) < 4.78 is 189. The Morgan fingerprint density at radius 2 is 1.12 bits per heavy atom. The summed E-state index contributed by atoms with van der Waals surface area (Å²) in [6.07, 6.45) is -12.9. The van der Waals surface area contributed by atoms with Crippen LogP contribution in [0.2, 0.25) is 0 Å². The van der Waals surface area contributed by atoms with Gasteiger partial charge in [-0.1, -0.05) is 29.1 Å². The van der Waals surface area contributed by atoms with Gasteiger partial charge in [-0.3, -0.25) is 0 Å². The van der Waals surface area contributed by atoms with Gasteiger partial charge in [0.05, 0.1) is 0 Å². The third-order valence-electron chi connectivity index (χ3n) is 5.48. The number of fused-ring (bicyclic) bond motifs is 3. The zero-order valence-electron chi connectivity index (χ0n) is 19.0. The van der Waals surface area contributed by atoms with Crippen LogP contribution in [0.1, 0.15) is 11.6 Å². The number of benzene rings is 2. The van der Waals surface area contributed by atoms with E-state index >= 15 is 0 Å². The fourth-order valence-electron chi connectivity index (χ4n) is 3.42. The number of alkyl halides is 14. The Hall–Kier alpha value is -3.21. The van der Waals surface area contributed by atoms with Crippen LogP contribution in [0.4, 0.5) is 61.5 Å². The number of hydrogen-bond donors (Lipinski definition) is 0. The standard InChI is InChI=1S/C22H7F14N4.Ir/c23-17(24,19(27,28)21(31,32)33)15-38-14(39-16(40-15)18(25,26)20(29,30)22(34,35)36)12-5-1-4-11-10(12)7-6-9-3-2-8-37-13(9)11;/h1-3,5-8H;/q-1;. The monoisotopic (exact) mass is 786 g/mol. The Kier molecular flexibility index (Phi) is 7.85. The molecule has 0 fully saturated rings. The summed E-state index contributed by atoms with van der Waals surface area (Å²) in [4.78, 5) is 11.3. The van der Waals surface area contributed by atoms with Crippen molar-refractivity contribution < 1.29 is 81.6 Å². The molecular weight excluding hydrogens is 778 g/mol. The molecule has 223 valence electrons. The maximum absolute atomic E-state index is 14.5. The minimum Gasteiger partial charge on any atom is -0.304 e. The van der Waals surface area contributed by atoms with E-state index in [0.29, 0.717) is 5.39 Å². The molecule has 0 unspecified atom stereocenters. The van der Waals surface area contributed by atoms with Crippen LogP contribution < -0.4 is 0 Å². The minimum absolute atomic E-state index is 0. The summed E-state index contributed by atoms with van der Waals surface area (Å²) >= 11 is 0. The van der Waals surface area contributed by atoms with Crippen LogP contribution in [-0.4, -0.2) is 44.1 Å². The first kappa shape index (κ1) is 32.3. The molecule has 4 rings (SSSR count). The number of hydrogen-bond acceptors (Lipinski definition) is 4. The first-order valence-electron chi connectivity index (χ1n) is 10.2. The Morgan fingerprint density at radius 1 is 0.610 bits per heavy atom. The van der Waals surface area contributed by atoms with E-state index in [9.17, 15) is 61.5 Å². The minimum atomic E-state index is -7.09. The number of aromatic nitrogens is 4. The van der Waals surface area contributed by atoms with Gasteiger partial charge in [-0.25, -0.2) is 15.0 Å². The molecule has 41 heavy (non-hydrogen) atoms. The Balaban J connectivity index is 0.00000462. The summed E-state index contributed by atoms with van der Waals surface area (Å²) in [5.74, 6) is -35.4. The topological polar surface area (TPSA) is 51.6 Å². The van der Waals surface area contributed by atoms with Crippen LogP contribution in [0.15, 0.2) is 42.6 Å². The fourth-order valence-corrected chi connectivity index (χ4v) is 3.42. The summed E-state index contributed by atoms with van der Waals surface area (Å²) in [5, 5.41) is 0.112. The van der Waals surface area contributed by atoms with Gasteiger partial charge in [-0.2, -0.15) is 61.5 Å². The first-order chi connectivity index (χ1) is 18.1. The molecule has 2 aromatic heterocycles. The molecule has 19 heteroatoms. The normalized spacial score (nSPS) is 13.9. The molecule has 1 radical (unpaired) electrons. The molecule has 0 atom stereocenters. The third-order valence-corrected chi connectivity index (χ3v) is 5.48. The van der Waals surface area contributed by atoms with Crippen molar-refractivity contribution in [2.45, 2.75) is 36.0 Å². The molecule has 0 amide bonds. The van der Waals surface area contributed by atoms with E-state index in [1.54, 1.807) is 0 Å². The maximum atomic E-state index is 14.5. The van der Waals surface area contributed by atoms with E-state index in [0.717, 1.165) is 18.2 Å². The van der Waals surface area contributed by atoms with Gasteiger partial charge in [0.25, 0.3) is 0 Å². The largest absolute Gasteiger partial charge is 0.460 e. The van der Waals surface area contributed by atoms with Crippen molar-refractivity contribution in [2.24, 2.45) is 0 Å².